The number of hydrogen-bond donors (Lipinski definition) is 1. The van der Waals surface area contributed by atoms with Crippen molar-refractivity contribution >= 4 is 57.4 Å². The molecule has 0 heterocycles. The molecule has 3 aromatic rings. The number of rotatable bonds is 8. The van der Waals surface area contributed by atoms with Crippen LogP contribution in [0.4, 0.5) is 0 Å². The first kappa shape index (κ1) is 21.6. The fraction of sp³-hybridized carbons (Fsp3) is 0.0909. The first-order valence-electron chi connectivity index (χ1n) is 8.66. The standard InChI is InChI=1S/C22H17I2NO4/c23-19-10-17(12-25-29-14-15-4-2-1-3-5-15)11-20(24)21(19)28-13-16-6-8-18(9-7-16)22(26)27/h1-12H,13-14H2,(H,26,27)/b25-12+. The number of oxime groups is 1. The zero-order valence-electron chi connectivity index (χ0n) is 15.2. The van der Waals surface area contributed by atoms with Gasteiger partial charge in [-0.1, -0.05) is 47.6 Å². The molecule has 3 aromatic carbocycles. The van der Waals surface area contributed by atoms with E-state index in [1.807, 2.05) is 42.5 Å². The Hall–Kier alpha value is -2.14. The van der Waals surface area contributed by atoms with Crippen molar-refractivity contribution in [3.8, 4) is 5.75 Å². The third-order valence-electron chi connectivity index (χ3n) is 3.96. The second-order valence-electron chi connectivity index (χ2n) is 6.10. The van der Waals surface area contributed by atoms with E-state index in [1.165, 1.54) is 0 Å². The molecular weight excluding hydrogens is 596 g/mol. The Morgan fingerprint density at radius 3 is 2.17 bits per heavy atom. The Balaban J connectivity index is 1.59. The highest BCUT2D eigenvalue weighted by molar-refractivity contribution is 14.1. The molecule has 0 aliphatic rings. The third kappa shape index (κ3) is 6.43. The van der Waals surface area contributed by atoms with Gasteiger partial charge in [-0.25, -0.2) is 4.79 Å². The van der Waals surface area contributed by atoms with E-state index in [0.717, 1.165) is 29.6 Å². The minimum atomic E-state index is -0.938. The molecule has 0 bridgehead atoms. The van der Waals surface area contributed by atoms with Crippen molar-refractivity contribution in [2.45, 2.75) is 13.2 Å². The summed E-state index contributed by atoms with van der Waals surface area (Å²) < 4.78 is 7.87. The highest BCUT2D eigenvalue weighted by Crippen LogP contribution is 2.29. The van der Waals surface area contributed by atoms with Gasteiger partial charge in [-0.15, -0.1) is 0 Å². The molecule has 0 unspecified atom stereocenters. The molecule has 0 aliphatic carbocycles. The zero-order valence-corrected chi connectivity index (χ0v) is 19.5. The number of nitrogens with zero attached hydrogens (tertiary/aromatic N) is 1. The monoisotopic (exact) mass is 613 g/mol. The molecule has 0 spiro atoms. The van der Waals surface area contributed by atoms with Gasteiger partial charge in [-0.3, -0.25) is 0 Å². The lowest BCUT2D eigenvalue weighted by Crippen LogP contribution is -2.01. The molecule has 0 amide bonds. The fourth-order valence-corrected chi connectivity index (χ4v) is 4.60. The second-order valence-corrected chi connectivity index (χ2v) is 8.42. The van der Waals surface area contributed by atoms with Gasteiger partial charge in [0.05, 0.1) is 18.9 Å². The fourth-order valence-electron chi connectivity index (χ4n) is 2.48. The van der Waals surface area contributed by atoms with E-state index in [0.29, 0.717) is 13.2 Å². The lowest BCUT2D eigenvalue weighted by Gasteiger charge is -2.11. The SMILES string of the molecule is O=C(O)c1ccc(COc2c(I)cc(/C=N/OCc3ccccc3)cc2I)cc1. The van der Waals surface area contributed by atoms with Crippen molar-refractivity contribution in [3.05, 3.63) is 96.1 Å². The lowest BCUT2D eigenvalue weighted by molar-refractivity contribution is 0.0697. The van der Waals surface area contributed by atoms with Crippen LogP contribution in [0.5, 0.6) is 5.75 Å². The number of aromatic carboxylic acids is 1. The molecule has 29 heavy (non-hydrogen) atoms. The van der Waals surface area contributed by atoms with Gasteiger partial charge in [-0.05, 0) is 86.1 Å². The molecule has 0 atom stereocenters. The number of carbonyl (C=O) groups is 1. The molecule has 7 heteroatoms. The van der Waals surface area contributed by atoms with E-state index in [9.17, 15) is 4.79 Å². The normalized spacial score (nSPS) is 10.8. The Kier molecular flexibility index (Phi) is 7.87. The Morgan fingerprint density at radius 1 is 0.931 bits per heavy atom. The average Bonchev–Trinajstić information content (AvgIpc) is 2.72. The van der Waals surface area contributed by atoms with E-state index < -0.39 is 5.97 Å². The molecule has 1 N–H and O–H groups in total. The second kappa shape index (κ2) is 10.6. The van der Waals surface area contributed by atoms with Crippen LogP contribution in [0.3, 0.4) is 0 Å². The van der Waals surface area contributed by atoms with Crippen molar-refractivity contribution in [2.24, 2.45) is 5.16 Å². The molecule has 0 aromatic heterocycles. The first-order chi connectivity index (χ1) is 14.0. The van der Waals surface area contributed by atoms with Crippen molar-refractivity contribution < 1.29 is 19.5 Å². The maximum atomic E-state index is 10.9. The summed E-state index contributed by atoms with van der Waals surface area (Å²) in [5, 5.41) is 13.0. The number of ether oxygens (including phenoxy) is 1. The number of carboxylic acid groups (broad SMARTS) is 1. The van der Waals surface area contributed by atoms with E-state index in [2.05, 4.69) is 50.3 Å². The molecule has 0 radical (unpaired) electrons. The van der Waals surface area contributed by atoms with Gasteiger partial charge in [0.25, 0.3) is 0 Å². The van der Waals surface area contributed by atoms with Crippen LogP contribution in [0.1, 0.15) is 27.0 Å². The molecule has 0 saturated carbocycles. The summed E-state index contributed by atoms with van der Waals surface area (Å²) in [6, 6.07) is 20.5. The van der Waals surface area contributed by atoms with Crippen molar-refractivity contribution in [1.29, 1.82) is 0 Å². The summed E-state index contributed by atoms with van der Waals surface area (Å²) in [6.45, 7) is 0.785. The number of carboxylic acids is 1. The smallest absolute Gasteiger partial charge is 0.335 e. The highest BCUT2D eigenvalue weighted by Gasteiger charge is 2.09. The van der Waals surface area contributed by atoms with Gasteiger partial charge in [0, 0.05) is 0 Å². The van der Waals surface area contributed by atoms with Crippen molar-refractivity contribution in [3.63, 3.8) is 0 Å². The maximum Gasteiger partial charge on any atom is 0.335 e. The van der Waals surface area contributed by atoms with Gasteiger partial charge >= 0.3 is 5.97 Å². The largest absolute Gasteiger partial charge is 0.487 e. The molecule has 0 saturated heterocycles. The van der Waals surface area contributed by atoms with Crippen LogP contribution in [0.25, 0.3) is 0 Å². The number of halogens is 2. The minimum Gasteiger partial charge on any atom is -0.487 e. The minimum absolute atomic E-state index is 0.260. The van der Waals surface area contributed by atoms with E-state index in [1.54, 1.807) is 30.5 Å². The van der Waals surface area contributed by atoms with Gasteiger partial charge < -0.3 is 14.7 Å². The van der Waals surface area contributed by atoms with Crippen LogP contribution < -0.4 is 4.74 Å². The molecule has 148 valence electrons. The summed E-state index contributed by atoms with van der Waals surface area (Å²) in [5.74, 6) is -0.151. The molecule has 0 fully saturated rings. The predicted octanol–water partition coefficient (Wildman–Crippen LogP) is 5.72. The molecule has 0 aliphatic heterocycles. The molecule has 5 nitrogen and oxygen atoms in total. The number of benzene rings is 3. The van der Waals surface area contributed by atoms with Crippen LogP contribution in [-0.4, -0.2) is 17.3 Å². The van der Waals surface area contributed by atoms with Crippen molar-refractivity contribution in [1.82, 2.24) is 0 Å². The summed E-state index contributed by atoms with van der Waals surface area (Å²) in [5.41, 5.74) is 3.15. The Bertz CT molecular complexity index is 982. The summed E-state index contributed by atoms with van der Waals surface area (Å²) >= 11 is 4.46. The zero-order chi connectivity index (χ0) is 20.6. The molecular formula is C22H17I2NO4. The van der Waals surface area contributed by atoms with E-state index >= 15 is 0 Å². The average molecular weight is 613 g/mol. The van der Waals surface area contributed by atoms with Crippen LogP contribution >= 0.6 is 45.2 Å². The topological polar surface area (TPSA) is 68.1 Å². The summed E-state index contributed by atoms with van der Waals surface area (Å²) in [6.07, 6.45) is 1.68. The third-order valence-corrected chi connectivity index (χ3v) is 5.56. The van der Waals surface area contributed by atoms with E-state index in [4.69, 9.17) is 14.7 Å². The van der Waals surface area contributed by atoms with Gasteiger partial charge in [0.15, 0.2) is 0 Å². The molecule has 3 rings (SSSR count). The van der Waals surface area contributed by atoms with Gasteiger partial charge in [-0.2, -0.15) is 0 Å². The Morgan fingerprint density at radius 2 is 1.55 bits per heavy atom. The van der Waals surface area contributed by atoms with Gasteiger partial charge in [0.2, 0.25) is 0 Å². The summed E-state index contributed by atoms with van der Waals surface area (Å²) in [4.78, 5) is 16.3. The van der Waals surface area contributed by atoms with Crippen LogP contribution in [0.2, 0.25) is 0 Å². The maximum absolute atomic E-state index is 10.9. The quantitative estimate of drug-likeness (QED) is 0.201. The van der Waals surface area contributed by atoms with E-state index in [-0.39, 0.29) is 5.56 Å². The Labute approximate surface area is 196 Å². The van der Waals surface area contributed by atoms with Crippen LogP contribution in [-0.2, 0) is 18.1 Å². The van der Waals surface area contributed by atoms with Crippen molar-refractivity contribution in [2.75, 3.05) is 0 Å². The predicted molar refractivity (Wildman–Crippen MR) is 128 cm³/mol. The first-order valence-corrected chi connectivity index (χ1v) is 10.8. The van der Waals surface area contributed by atoms with Crippen LogP contribution in [0, 0.1) is 7.14 Å². The van der Waals surface area contributed by atoms with Crippen LogP contribution in [0.15, 0.2) is 71.9 Å². The summed E-state index contributed by atoms with van der Waals surface area (Å²) in [7, 11) is 0. The highest BCUT2D eigenvalue weighted by atomic mass is 127. The number of hydrogen-bond acceptors (Lipinski definition) is 4. The van der Waals surface area contributed by atoms with Gasteiger partial charge in [0.1, 0.15) is 19.0 Å². The lowest BCUT2D eigenvalue weighted by atomic mass is 10.1.